The molecule has 0 saturated carbocycles. The Balaban J connectivity index is 2.42. The molecule has 114 valence electrons. The Labute approximate surface area is 129 Å². The lowest BCUT2D eigenvalue weighted by atomic mass is 10.1. The molecule has 1 heterocycles. The summed E-state index contributed by atoms with van der Waals surface area (Å²) >= 11 is 1.48. The van der Waals surface area contributed by atoms with Gasteiger partial charge in [-0.15, -0.1) is 11.3 Å². The average Bonchev–Trinajstić information content (AvgIpc) is 2.78. The number of hydrogen-bond donors (Lipinski definition) is 1. The predicted molar refractivity (Wildman–Crippen MR) is 89.0 cm³/mol. The van der Waals surface area contributed by atoms with Crippen molar-refractivity contribution in [3.63, 3.8) is 0 Å². The maximum Gasteiger partial charge on any atom is 0.266 e. The SMILES string of the molecule is COCCN(C(=O)c1sc2c(C)cccc2c1N)C(C)C. The van der Waals surface area contributed by atoms with Crippen molar-refractivity contribution in [3.8, 4) is 0 Å². The lowest BCUT2D eigenvalue weighted by molar-refractivity contribution is 0.0641. The van der Waals surface area contributed by atoms with Crippen molar-refractivity contribution >= 4 is 33.0 Å². The number of aryl methyl sites for hydroxylation is 1. The number of carbonyl (C=O) groups is 1. The summed E-state index contributed by atoms with van der Waals surface area (Å²) in [5.41, 5.74) is 7.95. The molecule has 0 aliphatic rings. The van der Waals surface area contributed by atoms with E-state index in [-0.39, 0.29) is 11.9 Å². The minimum atomic E-state index is -0.0137. The molecule has 21 heavy (non-hydrogen) atoms. The van der Waals surface area contributed by atoms with Crippen molar-refractivity contribution in [2.45, 2.75) is 26.8 Å². The number of nitrogen functional groups attached to an aromatic ring is 1. The molecule has 0 unspecified atom stereocenters. The largest absolute Gasteiger partial charge is 0.397 e. The molecule has 0 aliphatic carbocycles. The third-order valence-corrected chi connectivity index (χ3v) is 4.91. The molecule has 0 bridgehead atoms. The molecule has 1 aromatic carbocycles. The van der Waals surface area contributed by atoms with Crippen LogP contribution in [0.4, 0.5) is 5.69 Å². The van der Waals surface area contributed by atoms with Gasteiger partial charge in [-0.25, -0.2) is 0 Å². The summed E-state index contributed by atoms with van der Waals surface area (Å²) in [5.74, 6) is -0.0137. The van der Waals surface area contributed by atoms with Gasteiger partial charge >= 0.3 is 0 Å². The zero-order valence-corrected chi connectivity index (χ0v) is 13.8. The van der Waals surface area contributed by atoms with Gasteiger partial charge in [0.05, 0.1) is 12.3 Å². The van der Waals surface area contributed by atoms with Crippen LogP contribution in [-0.2, 0) is 4.74 Å². The maximum absolute atomic E-state index is 12.8. The molecular weight excluding hydrogens is 284 g/mol. The molecule has 0 atom stereocenters. The van der Waals surface area contributed by atoms with Gasteiger partial charge in [-0.3, -0.25) is 4.79 Å². The number of rotatable bonds is 5. The van der Waals surface area contributed by atoms with E-state index in [1.165, 1.54) is 11.3 Å². The average molecular weight is 306 g/mol. The first kappa shape index (κ1) is 15.8. The summed E-state index contributed by atoms with van der Waals surface area (Å²) in [6.07, 6.45) is 0. The highest BCUT2D eigenvalue weighted by Crippen LogP contribution is 2.36. The summed E-state index contributed by atoms with van der Waals surface area (Å²) in [5, 5.41) is 0.971. The van der Waals surface area contributed by atoms with Crippen molar-refractivity contribution < 1.29 is 9.53 Å². The molecule has 0 saturated heterocycles. The minimum absolute atomic E-state index is 0.0137. The lowest BCUT2D eigenvalue weighted by Crippen LogP contribution is -2.39. The van der Waals surface area contributed by atoms with Gasteiger partial charge in [0.1, 0.15) is 4.88 Å². The third-order valence-electron chi connectivity index (χ3n) is 3.57. The van der Waals surface area contributed by atoms with Crippen LogP contribution in [0.15, 0.2) is 18.2 Å². The number of fused-ring (bicyclic) bond motifs is 1. The molecule has 0 aliphatic heterocycles. The fraction of sp³-hybridized carbons (Fsp3) is 0.438. The maximum atomic E-state index is 12.8. The number of ether oxygens (including phenoxy) is 1. The number of benzene rings is 1. The van der Waals surface area contributed by atoms with Crippen LogP contribution in [0, 0.1) is 6.92 Å². The van der Waals surface area contributed by atoms with E-state index >= 15 is 0 Å². The highest BCUT2D eigenvalue weighted by Gasteiger charge is 2.24. The summed E-state index contributed by atoms with van der Waals surface area (Å²) in [4.78, 5) is 15.2. The highest BCUT2D eigenvalue weighted by atomic mass is 32.1. The van der Waals surface area contributed by atoms with E-state index < -0.39 is 0 Å². The van der Waals surface area contributed by atoms with E-state index in [1.807, 2.05) is 39.0 Å². The van der Waals surface area contributed by atoms with Gasteiger partial charge in [0.25, 0.3) is 5.91 Å². The fourth-order valence-electron chi connectivity index (χ4n) is 2.35. The van der Waals surface area contributed by atoms with Crippen LogP contribution >= 0.6 is 11.3 Å². The topological polar surface area (TPSA) is 55.6 Å². The van der Waals surface area contributed by atoms with Gasteiger partial charge in [0.15, 0.2) is 0 Å². The van der Waals surface area contributed by atoms with Crippen molar-refractivity contribution in [2.24, 2.45) is 0 Å². The van der Waals surface area contributed by atoms with Crippen LogP contribution in [0.5, 0.6) is 0 Å². The van der Waals surface area contributed by atoms with Crippen molar-refractivity contribution in [2.75, 3.05) is 26.0 Å². The smallest absolute Gasteiger partial charge is 0.266 e. The van der Waals surface area contributed by atoms with Crippen LogP contribution in [-0.4, -0.2) is 37.1 Å². The summed E-state index contributed by atoms with van der Waals surface area (Å²) in [6, 6.07) is 6.09. The summed E-state index contributed by atoms with van der Waals surface area (Å²) < 4.78 is 6.19. The van der Waals surface area contributed by atoms with Crippen molar-refractivity contribution in [1.29, 1.82) is 0 Å². The Morgan fingerprint density at radius 3 is 2.71 bits per heavy atom. The zero-order chi connectivity index (χ0) is 15.6. The number of thiophene rings is 1. The molecule has 1 aromatic heterocycles. The third kappa shape index (κ3) is 3.04. The Kier molecular flexibility index (Phi) is 4.85. The minimum Gasteiger partial charge on any atom is -0.397 e. The van der Waals surface area contributed by atoms with E-state index in [4.69, 9.17) is 10.5 Å². The number of hydrogen-bond acceptors (Lipinski definition) is 4. The normalized spacial score (nSPS) is 11.3. The van der Waals surface area contributed by atoms with Gasteiger partial charge in [-0.1, -0.05) is 18.2 Å². The Bertz CT molecular complexity index is 649. The van der Waals surface area contributed by atoms with E-state index in [2.05, 4.69) is 0 Å². The first-order valence-electron chi connectivity index (χ1n) is 7.04. The van der Waals surface area contributed by atoms with E-state index in [1.54, 1.807) is 12.0 Å². The summed E-state index contributed by atoms with van der Waals surface area (Å²) in [7, 11) is 1.64. The monoisotopic (exact) mass is 306 g/mol. The second-order valence-corrected chi connectivity index (χ2v) is 6.40. The molecule has 0 spiro atoms. The number of nitrogens with two attached hydrogens (primary N) is 1. The first-order valence-corrected chi connectivity index (χ1v) is 7.86. The predicted octanol–water partition coefficient (Wildman–Crippen LogP) is 3.29. The molecule has 2 rings (SSSR count). The van der Waals surface area contributed by atoms with E-state index in [0.717, 1.165) is 15.6 Å². The van der Waals surface area contributed by atoms with Crippen LogP contribution < -0.4 is 5.73 Å². The molecule has 2 N–H and O–H groups in total. The molecular formula is C16H22N2O2S. The molecule has 2 aromatic rings. The van der Waals surface area contributed by atoms with Crippen LogP contribution in [0.2, 0.25) is 0 Å². The fourth-order valence-corrected chi connectivity index (χ4v) is 3.50. The van der Waals surface area contributed by atoms with Gasteiger partial charge in [0.2, 0.25) is 0 Å². The second-order valence-electron chi connectivity index (χ2n) is 5.38. The molecule has 0 radical (unpaired) electrons. The molecule has 0 fully saturated rings. The number of carbonyl (C=O) groups excluding carboxylic acids is 1. The molecule has 1 amide bonds. The highest BCUT2D eigenvalue weighted by molar-refractivity contribution is 7.21. The first-order chi connectivity index (χ1) is 9.97. The standard InChI is InChI=1S/C16H22N2O2S/c1-10(2)18(8-9-20-4)16(19)15-13(17)12-7-5-6-11(3)14(12)21-15/h5-7,10H,8-9,17H2,1-4H3. The number of nitrogens with zero attached hydrogens (tertiary/aromatic N) is 1. The molecule has 4 nitrogen and oxygen atoms in total. The number of methoxy groups -OCH3 is 1. The zero-order valence-electron chi connectivity index (χ0n) is 13.0. The Morgan fingerprint density at radius 2 is 2.14 bits per heavy atom. The van der Waals surface area contributed by atoms with Gasteiger partial charge < -0.3 is 15.4 Å². The van der Waals surface area contributed by atoms with Crippen LogP contribution in [0.25, 0.3) is 10.1 Å². The molecule has 5 heteroatoms. The number of amides is 1. The van der Waals surface area contributed by atoms with Crippen LogP contribution in [0.1, 0.15) is 29.1 Å². The lowest BCUT2D eigenvalue weighted by Gasteiger charge is -2.26. The second kappa shape index (κ2) is 6.45. The quantitative estimate of drug-likeness (QED) is 0.922. The van der Waals surface area contributed by atoms with E-state index in [9.17, 15) is 4.79 Å². The van der Waals surface area contributed by atoms with E-state index in [0.29, 0.717) is 23.7 Å². The van der Waals surface area contributed by atoms with Gasteiger partial charge in [0, 0.05) is 29.8 Å². The Hall–Kier alpha value is -1.59. The van der Waals surface area contributed by atoms with Gasteiger partial charge in [-0.05, 0) is 26.3 Å². The van der Waals surface area contributed by atoms with Crippen LogP contribution in [0.3, 0.4) is 0 Å². The number of anilines is 1. The van der Waals surface area contributed by atoms with Crippen molar-refractivity contribution in [3.05, 3.63) is 28.6 Å². The Morgan fingerprint density at radius 1 is 1.43 bits per heavy atom. The van der Waals surface area contributed by atoms with Gasteiger partial charge in [-0.2, -0.15) is 0 Å². The summed E-state index contributed by atoms with van der Waals surface area (Å²) in [6.45, 7) is 7.13. The van der Waals surface area contributed by atoms with Crippen molar-refractivity contribution in [1.82, 2.24) is 4.90 Å².